The fourth-order valence-corrected chi connectivity index (χ4v) is 4.60. The molecule has 5 heteroatoms. The molecule has 1 fully saturated rings. The van der Waals surface area contributed by atoms with E-state index in [4.69, 9.17) is 0 Å². The lowest BCUT2D eigenvalue weighted by Gasteiger charge is -2.28. The van der Waals surface area contributed by atoms with Gasteiger partial charge in [-0.1, -0.05) is 54.6 Å². The van der Waals surface area contributed by atoms with E-state index in [1.165, 1.54) is 0 Å². The van der Waals surface area contributed by atoms with Crippen molar-refractivity contribution in [3.8, 4) is 11.1 Å². The Morgan fingerprint density at radius 2 is 1.72 bits per heavy atom. The second-order valence-corrected chi connectivity index (χ2v) is 8.52. The predicted molar refractivity (Wildman–Crippen MR) is 126 cm³/mol. The van der Waals surface area contributed by atoms with Gasteiger partial charge in [-0.25, -0.2) is 0 Å². The number of hydrogen-bond donors (Lipinski definition) is 1. The van der Waals surface area contributed by atoms with Crippen LogP contribution >= 0.6 is 0 Å². The standard InChI is InChI=1S/C27H29N3O2/c1-28-26(32)27(19-22-6-5-9-24(18-22)23-7-3-2-4-8-23)14-17-30(20-27)25(31)11-10-21-12-15-29-16-13-21/h2-9,12-13,15-16,18H,10-11,14,17,19-20H2,1H3,(H,28,32). The number of nitrogens with one attached hydrogen (secondary N) is 1. The van der Waals surface area contributed by atoms with Crippen molar-refractivity contribution in [2.75, 3.05) is 20.1 Å². The maximum Gasteiger partial charge on any atom is 0.228 e. The van der Waals surface area contributed by atoms with Crippen molar-refractivity contribution in [2.24, 2.45) is 5.41 Å². The molecule has 0 bridgehead atoms. The van der Waals surface area contributed by atoms with Gasteiger partial charge in [0.2, 0.25) is 11.8 Å². The summed E-state index contributed by atoms with van der Waals surface area (Å²) in [6.07, 6.45) is 5.90. The van der Waals surface area contributed by atoms with Crippen molar-refractivity contribution in [1.82, 2.24) is 15.2 Å². The summed E-state index contributed by atoms with van der Waals surface area (Å²) >= 11 is 0. The maximum absolute atomic E-state index is 13.0. The van der Waals surface area contributed by atoms with E-state index in [-0.39, 0.29) is 11.8 Å². The molecule has 1 saturated heterocycles. The highest BCUT2D eigenvalue weighted by Gasteiger charge is 2.45. The van der Waals surface area contributed by atoms with Crippen LogP contribution in [0.15, 0.2) is 79.1 Å². The molecule has 1 aliphatic rings. The lowest BCUT2D eigenvalue weighted by Crippen LogP contribution is -2.44. The van der Waals surface area contributed by atoms with Crippen molar-refractivity contribution >= 4 is 11.8 Å². The highest BCUT2D eigenvalue weighted by Crippen LogP contribution is 2.36. The largest absolute Gasteiger partial charge is 0.359 e. The number of aryl methyl sites for hydroxylation is 1. The third-order valence-electron chi connectivity index (χ3n) is 6.37. The minimum atomic E-state index is -0.601. The van der Waals surface area contributed by atoms with Crippen molar-refractivity contribution in [2.45, 2.75) is 25.7 Å². The van der Waals surface area contributed by atoms with Gasteiger partial charge in [-0.15, -0.1) is 0 Å². The van der Waals surface area contributed by atoms with E-state index in [9.17, 15) is 9.59 Å². The molecule has 32 heavy (non-hydrogen) atoms. The molecule has 0 saturated carbocycles. The van der Waals surface area contributed by atoms with Crippen molar-refractivity contribution < 1.29 is 9.59 Å². The Bertz CT molecular complexity index is 1070. The fraction of sp³-hybridized carbons (Fsp3) is 0.296. The van der Waals surface area contributed by atoms with Gasteiger partial charge in [0.05, 0.1) is 5.41 Å². The number of rotatable bonds is 7. The molecule has 2 aromatic carbocycles. The average molecular weight is 428 g/mol. The zero-order chi connectivity index (χ0) is 22.4. The van der Waals surface area contributed by atoms with Gasteiger partial charge in [-0.2, -0.15) is 0 Å². The van der Waals surface area contributed by atoms with E-state index in [1.54, 1.807) is 19.4 Å². The van der Waals surface area contributed by atoms with E-state index in [1.807, 2.05) is 41.3 Å². The van der Waals surface area contributed by atoms with Crippen LogP contribution in [-0.4, -0.2) is 41.8 Å². The number of benzene rings is 2. The second kappa shape index (κ2) is 9.77. The van der Waals surface area contributed by atoms with Crippen molar-refractivity contribution in [3.05, 3.63) is 90.3 Å². The number of amides is 2. The van der Waals surface area contributed by atoms with E-state index < -0.39 is 5.41 Å². The summed E-state index contributed by atoms with van der Waals surface area (Å²) < 4.78 is 0. The summed E-state index contributed by atoms with van der Waals surface area (Å²) in [6, 6.07) is 22.5. The lowest BCUT2D eigenvalue weighted by atomic mass is 9.79. The van der Waals surface area contributed by atoms with Gasteiger partial charge >= 0.3 is 0 Å². The highest BCUT2D eigenvalue weighted by molar-refractivity contribution is 5.85. The molecule has 1 atom stereocenters. The summed E-state index contributed by atoms with van der Waals surface area (Å²) in [4.78, 5) is 31.8. The molecule has 0 radical (unpaired) electrons. The number of nitrogens with zero attached hydrogens (tertiary/aromatic N) is 2. The lowest BCUT2D eigenvalue weighted by molar-refractivity contribution is -0.133. The van der Waals surface area contributed by atoms with E-state index in [2.05, 4.69) is 40.6 Å². The first-order chi connectivity index (χ1) is 15.6. The van der Waals surface area contributed by atoms with Gasteiger partial charge in [0.25, 0.3) is 0 Å². The van der Waals surface area contributed by atoms with Crippen LogP contribution < -0.4 is 5.32 Å². The monoisotopic (exact) mass is 427 g/mol. The van der Waals surface area contributed by atoms with E-state index >= 15 is 0 Å². The number of carbonyl (C=O) groups is 2. The Balaban J connectivity index is 1.48. The zero-order valence-corrected chi connectivity index (χ0v) is 18.5. The molecule has 2 heterocycles. The molecular formula is C27H29N3O2. The third kappa shape index (κ3) is 4.88. The summed E-state index contributed by atoms with van der Waals surface area (Å²) in [5.41, 5.74) is 3.90. The molecule has 5 nitrogen and oxygen atoms in total. The van der Waals surface area contributed by atoms with Gasteiger partial charge in [0.1, 0.15) is 0 Å². The van der Waals surface area contributed by atoms with E-state index in [0.29, 0.717) is 38.8 Å². The minimum Gasteiger partial charge on any atom is -0.359 e. The highest BCUT2D eigenvalue weighted by atomic mass is 16.2. The summed E-state index contributed by atoms with van der Waals surface area (Å²) in [7, 11) is 1.68. The van der Waals surface area contributed by atoms with Crippen LogP contribution in [0.5, 0.6) is 0 Å². The number of pyridine rings is 1. The molecule has 0 spiro atoms. The van der Waals surface area contributed by atoms with Gasteiger partial charge < -0.3 is 10.2 Å². The molecule has 4 rings (SSSR count). The van der Waals surface area contributed by atoms with Crippen molar-refractivity contribution in [3.63, 3.8) is 0 Å². The van der Waals surface area contributed by atoms with Gasteiger partial charge in [-0.3, -0.25) is 14.6 Å². The minimum absolute atomic E-state index is 0.00653. The topological polar surface area (TPSA) is 62.3 Å². The van der Waals surface area contributed by atoms with Crippen LogP contribution in [0.3, 0.4) is 0 Å². The first kappa shape index (κ1) is 21.8. The molecule has 1 N–H and O–H groups in total. The predicted octanol–water partition coefficient (Wildman–Crippen LogP) is 3.89. The summed E-state index contributed by atoms with van der Waals surface area (Å²) in [5, 5.41) is 2.85. The zero-order valence-electron chi connectivity index (χ0n) is 18.5. The number of hydrogen-bond acceptors (Lipinski definition) is 3. The number of aromatic nitrogens is 1. The first-order valence-corrected chi connectivity index (χ1v) is 11.1. The van der Waals surface area contributed by atoms with Crippen LogP contribution in [0, 0.1) is 5.41 Å². The molecule has 2 amide bonds. The number of likely N-dealkylation sites (tertiary alicyclic amines) is 1. The quantitative estimate of drug-likeness (QED) is 0.622. The normalized spacial score (nSPS) is 17.8. The second-order valence-electron chi connectivity index (χ2n) is 8.52. The molecular weight excluding hydrogens is 398 g/mol. The van der Waals surface area contributed by atoms with Gasteiger partial charge in [0.15, 0.2) is 0 Å². The van der Waals surface area contributed by atoms with Gasteiger partial charge in [0, 0.05) is 39.0 Å². The maximum atomic E-state index is 13.0. The van der Waals surface area contributed by atoms with Gasteiger partial charge in [-0.05, 0) is 53.6 Å². The van der Waals surface area contributed by atoms with Crippen LogP contribution in [0.1, 0.15) is 24.0 Å². The van der Waals surface area contributed by atoms with Crippen LogP contribution in [0.2, 0.25) is 0 Å². The Morgan fingerprint density at radius 3 is 2.47 bits per heavy atom. The van der Waals surface area contributed by atoms with E-state index in [0.717, 1.165) is 22.3 Å². The van der Waals surface area contributed by atoms with Crippen LogP contribution in [0.4, 0.5) is 0 Å². The molecule has 3 aromatic rings. The molecule has 1 aromatic heterocycles. The summed E-state index contributed by atoms with van der Waals surface area (Å²) in [5.74, 6) is 0.109. The molecule has 0 aliphatic carbocycles. The Labute approximate surface area is 189 Å². The van der Waals surface area contributed by atoms with Crippen molar-refractivity contribution in [1.29, 1.82) is 0 Å². The Morgan fingerprint density at radius 1 is 0.969 bits per heavy atom. The van der Waals surface area contributed by atoms with Crippen LogP contribution in [-0.2, 0) is 22.4 Å². The molecule has 1 unspecified atom stereocenters. The SMILES string of the molecule is CNC(=O)C1(Cc2cccc(-c3ccccc3)c2)CCN(C(=O)CCc2ccncc2)C1. The number of carbonyl (C=O) groups excluding carboxylic acids is 2. The Kier molecular flexibility index (Phi) is 6.64. The van der Waals surface area contributed by atoms with Crippen LogP contribution in [0.25, 0.3) is 11.1 Å². The third-order valence-corrected chi connectivity index (χ3v) is 6.37. The summed E-state index contributed by atoms with van der Waals surface area (Å²) in [6.45, 7) is 1.07. The average Bonchev–Trinajstić information content (AvgIpc) is 3.28. The fourth-order valence-electron chi connectivity index (χ4n) is 4.60. The Hall–Kier alpha value is -3.47. The smallest absolute Gasteiger partial charge is 0.228 e. The molecule has 164 valence electrons. The first-order valence-electron chi connectivity index (χ1n) is 11.1. The molecule has 1 aliphatic heterocycles.